The van der Waals surface area contributed by atoms with Crippen LogP contribution in [0.4, 0.5) is 0 Å². The number of amides is 1. The number of furan rings is 2. The normalized spacial score (nSPS) is 12.2. The first-order valence-corrected chi connectivity index (χ1v) is 8.36. The highest BCUT2D eigenvalue weighted by Crippen LogP contribution is 2.28. The van der Waals surface area contributed by atoms with E-state index in [1.54, 1.807) is 6.07 Å². The van der Waals surface area contributed by atoms with E-state index in [9.17, 15) is 4.79 Å². The van der Waals surface area contributed by atoms with Crippen LogP contribution in [0.1, 0.15) is 33.5 Å². The lowest BCUT2D eigenvalue weighted by molar-refractivity contribution is 0.0938. The van der Waals surface area contributed by atoms with Crippen molar-refractivity contribution < 1.29 is 13.6 Å². The van der Waals surface area contributed by atoms with E-state index in [4.69, 9.17) is 14.6 Å². The molecular formula is C21H18N2O3. The van der Waals surface area contributed by atoms with Crippen LogP contribution in [0, 0.1) is 0 Å². The van der Waals surface area contributed by atoms with Gasteiger partial charge in [-0.2, -0.15) is 0 Å². The number of carbonyl (C=O) groups excluding carboxylic acids is 1. The zero-order valence-electron chi connectivity index (χ0n) is 14.0. The number of carbonyl (C=O) groups is 1. The lowest BCUT2D eigenvalue weighted by atomic mass is 10.0. The molecule has 0 bridgehead atoms. The molecule has 130 valence electrons. The third kappa shape index (κ3) is 3.12. The molecule has 4 aromatic rings. The molecule has 1 amide bonds. The summed E-state index contributed by atoms with van der Waals surface area (Å²) in [4.78, 5) is 12.7. The molecule has 1 unspecified atom stereocenters. The quantitative estimate of drug-likeness (QED) is 0.572. The van der Waals surface area contributed by atoms with Gasteiger partial charge in [-0.25, -0.2) is 0 Å². The van der Waals surface area contributed by atoms with Gasteiger partial charge in [-0.3, -0.25) is 4.79 Å². The lowest BCUT2D eigenvalue weighted by Gasteiger charge is -2.16. The Morgan fingerprint density at radius 2 is 1.81 bits per heavy atom. The zero-order valence-corrected chi connectivity index (χ0v) is 14.0. The van der Waals surface area contributed by atoms with Crippen molar-refractivity contribution in [1.29, 1.82) is 0 Å². The number of hydrogen-bond donors (Lipinski definition) is 2. The van der Waals surface area contributed by atoms with E-state index in [-0.39, 0.29) is 12.5 Å². The molecule has 5 heteroatoms. The Morgan fingerprint density at radius 3 is 2.54 bits per heavy atom. The molecule has 0 saturated carbocycles. The van der Waals surface area contributed by atoms with E-state index in [1.807, 2.05) is 60.7 Å². The lowest BCUT2D eigenvalue weighted by Crippen LogP contribution is -2.28. The number of benzene rings is 2. The summed E-state index contributed by atoms with van der Waals surface area (Å²) in [6, 6.07) is 20.7. The summed E-state index contributed by atoms with van der Waals surface area (Å²) in [7, 11) is 0. The van der Waals surface area contributed by atoms with Crippen LogP contribution in [0.2, 0.25) is 0 Å². The highest BCUT2D eigenvalue weighted by molar-refractivity contribution is 5.94. The Kier molecular flexibility index (Phi) is 4.29. The second kappa shape index (κ2) is 6.90. The Labute approximate surface area is 150 Å². The van der Waals surface area contributed by atoms with Crippen molar-refractivity contribution in [3.63, 3.8) is 0 Å². The second-order valence-electron chi connectivity index (χ2n) is 6.01. The maximum Gasteiger partial charge on any atom is 0.255 e. The van der Waals surface area contributed by atoms with Crippen molar-refractivity contribution in [3.05, 3.63) is 95.6 Å². The van der Waals surface area contributed by atoms with Gasteiger partial charge in [0.2, 0.25) is 0 Å². The maximum atomic E-state index is 12.7. The third-order valence-electron chi connectivity index (χ3n) is 4.25. The van der Waals surface area contributed by atoms with Crippen molar-refractivity contribution >= 4 is 16.9 Å². The molecule has 0 aliphatic carbocycles. The second-order valence-corrected chi connectivity index (χ2v) is 6.01. The van der Waals surface area contributed by atoms with Gasteiger partial charge in [-0.05, 0) is 23.8 Å². The van der Waals surface area contributed by atoms with Crippen LogP contribution in [-0.2, 0) is 6.54 Å². The first-order chi connectivity index (χ1) is 12.7. The number of hydrogen-bond acceptors (Lipinski definition) is 4. The van der Waals surface area contributed by atoms with Gasteiger partial charge in [-0.15, -0.1) is 0 Å². The highest BCUT2D eigenvalue weighted by Gasteiger charge is 2.22. The summed E-state index contributed by atoms with van der Waals surface area (Å²) in [5.41, 5.74) is 7.70. The molecule has 4 rings (SSSR count). The Morgan fingerprint density at radius 1 is 1.04 bits per heavy atom. The van der Waals surface area contributed by atoms with Crippen LogP contribution in [0.15, 0.2) is 81.8 Å². The van der Waals surface area contributed by atoms with E-state index in [1.165, 1.54) is 6.26 Å². The van der Waals surface area contributed by atoms with Crippen LogP contribution in [0.5, 0.6) is 0 Å². The van der Waals surface area contributed by atoms with Gasteiger partial charge in [0, 0.05) is 5.39 Å². The van der Waals surface area contributed by atoms with Crippen LogP contribution < -0.4 is 11.1 Å². The minimum absolute atomic E-state index is 0.247. The van der Waals surface area contributed by atoms with Crippen LogP contribution in [0.25, 0.3) is 11.0 Å². The summed E-state index contributed by atoms with van der Waals surface area (Å²) in [6.07, 6.45) is 1.41. The number of fused-ring (bicyclic) bond motifs is 1. The molecule has 0 aliphatic heterocycles. The van der Waals surface area contributed by atoms with Gasteiger partial charge in [0.25, 0.3) is 5.91 Å². The smallest absolute Gasteiger partial charge is 0.255 e. The fourth-order valence-corrected chi connectivity index (χ4v) is 2.93. The van der Waals surface area contributed by atoms with Crippen LogP contribution in [0.3, 0.4) is 0 Å². The van der Waals surface area contributed by atoms with Gasteiger partial charge in [-0.1, -0.05) is 48.5 Å². The van der Waals surface area contributed by atoms with Crippen molar-refractivity contribution in [1.82, 2.24) is 5.32 Å². The Balaban J connectivity index is 1.70. The van der Waals surface area contributed by atoms with Crippen LogP contribution >= 0.6 is 0 Å². The summed E-state index contributed by atoms with van der Waals surface area (Å²) < 4.78 is 11.3. The monoisotopic (exact) mass is 346 g/mol. The number of nitrogens with one attached hydrogen (secondary N) is 1. The topological polar surface area (TPSA) is 81.4 Å². The molecule has 2 aromatic carbocycles. The van der Waals surface area contributed by atoms with Gasteiger partial charge in [0.15, 0.2) is 0 Å². The molecule has 0 aliphatic rings. The van der Waals surface area contributed by atoms with Gasteiger partial charge >= 0.3 is 0 Å². The van der Waals surface area contributed by atoms with E-state index in [0.717, 1.165) is 16.5 Å². The molecule has 3 N–H and O–H groups in total. The van der Waals surface area contributed by atoms with Crippen molar-refractivity contribution in [2.24, 2.45) is 5.73 Å². The van der Waals surface area contributed by atoms with Gasteiger partial charge in [0.1, 0.15) is 29.4 Å². The Hall–Kier alpha value is -3.31. The number of rotatable bonds is 5. The maximum absolute atomic E-state index is 12.7. The summed E-state index contributed by atoms with van der Waals surface area (Å²) >= 11 is 0. The predicted molar refractivity (Wildman–Crippen MR) is 98.6 cm³/mol. The molecule has 2 heterocycles. The molecule has 0 fully saturated rings. The minimum Gasteiger partial charge on any atom is -0.467 e. The average Bonchev–Trinajstić information content (AvgIpc) is 3.33. The molecule has 2 aromatic heterocycles. The predicted octanol–water partition coefficient (Wildman–Crippen LogP) is 4.00. The molecule has 0 spiro atoms. The number of nitrogens with two attached hydrogens (primary N) is 1. The highest BCUT2D eigenvalue weighted by atomic mass is 16.3. The first-order valence-electron chi connectivity index (χ1n) is 8.36. The zero-order chi connectivity index (χ0) is 17.9. The molecule has 1 atom stereocenters. The van der Waals surface area contributed by atoms with E-state index < -0.39 is 6.04 Å². The van der Waals surface area contributed by atoms with Gasteiger partial charge in [0.05, 0.1) is 12.1 Å². The van der Waals surface area contributed by atoms with E-state index in [2.05, 4.69) is 5.32 Å². The molecule has 0 radical (unpaired) electrons. The SMILES string of the molecule is NCc1cc(C(=O)NC(c2ccccc2)c2cc3ccccc3o2)co1. The van der Waals surface area contributed by atoms with E-state index in [0.29, 0.717) is 17.1 Å². The van der Waals surface area contributed by atoms with Crippen molar-refractivity contribution in [2.45, 2.75) is 12.6 Å². The molecule has 0 saturated heterocycles. The fraction of sp³-hybridized carbons (Fsp3) is 0.0952. The van der Waals surface area contributed by atoms with Crippen LogP contribution in [-0.4, -0.2) is 5.91 Å². The fourth-order valence-electron chi connectivity index (χ4n) is 2.93. The molecule has 5 nitrogen and oxygen atoms in total. The molecule has 26 heavy (non-hydrogen) atoms. The van der Waals surface area contributed by atoms with E-state index >= 15 is 0 Å². The summed E-state index contributed by atoms with van der Waals surface area (Å²) in [5, 5.41) is 4.02. The summed E-state index contributed by atoms with van der Waals surface area (Å²) in [5.74, 6) is 0.992. The molecular weight excluding hydrogens is 328 g/mol. The third-order valence-corrected chi connectivity index (χ3v) is 4.25. The minimum atomic E-state index is -0.410. The van der Waals surface area contributed by atoms with Gasteiger partial charge < -0.3 is 19.9 Å². The van der Waals surface area contributed by atoms with Crippen molar-refractivity contribution in [3.8, 4) is 0 Å². The summed E-state index contributed by atoms with van der Waals surface area (Å²) in [6.45, 7) is 0.249. The first kappa shape index (κ1) is 16.2. The standard InChI is InChI=1S/C21H18N2O3/c22-12-17-10-16(13-25-17)21(24)23-20(14-6-2-1-3-7-14)19-11-15-8-4-5-9-18(15)26-19/h1-11,13,20H,12,22H2,(H,23,24). The van der Waals surface area contributed by atoms with Crippen molar-refractivity contribution in [2.75, 3.05) is 0 Å². The average molecular weight is 346 g/mol. The number of para-hydroxylation sites is 1. The Bertz CT molecular complexity index is 1000. The largest absolute Gasteiger partial charge is 0.467 e.